The van der Waals surface area contributed by atoms with Crippen molar-refractivity contribution in [1.29, 1.82) is 5.26 Å². The van der Waals surface area contributed by atoms with Gasteiger partial charge in [-0.3, -0.25) is 9.89 Å². The number of aromatic nitrogens is 2. The van der Waals surface area contributed by atoms with Gasteiger partial charge >= 0.3 is 5.97 Å². The summed E-state index contributed by atoms with van der Waals surface area (Å²) >= 11 is 1.52. The van der Waals surface area contributed by atoms with E-state index in [1.165, 1.54) is 32.5 Å². The Morgan fingerprint density at radius 3 is 2.58 bits per heavy atom. The lowest BCUT2D eigenvalue weighted by molar-refractivity contribution is -0.132. The Morgan fingerprint density at radius 1 is 1.32 bits per heavy atom. The number of nitrogens with two attached hydrogens (primary N) is 1. The molecule has 10 heteroatoms. The number of esters is 1. The minimum absolute atomic E-state index is 0.0359. The van der Waals surface area contributed by atoms with Crippen LogP contribution in [0.3, 0.4) is 0 Å². The highest BCUT2D eigenvalue weighted by atomic mass is 32.1. The fourth-order valence-electron chi connectivity index (χ4n) is 3.50. The van der Waals surface area contributed by atoms with Gasteiger partial charge in [0.15, 0.2) is 11.5 Å². The van der Waals surface area contributed by atoms with Crippen LogP contribution >= 0.6 is 11.3 Å². The van der Waals surface area contributed by atoms with Gasteiger partial charge in [-0.1, -0.05) is 6.07 Å². The van der Waals surface area contributed by atoms with E-state index in [2.05, 4.69) is 16.3 Å². The molecule has 1 aliphatic rings. The highest BCUT2D eigenvalue weighted by molar-refractivity contribution is 7.13. The van der Waals surface area contributed by atoms with Crippen molar-refractivity contribution in [3.05, 3.63) is 52.2 Å². The SMILES string of the molecule is COc1cc([C@@H]2C(C#N)=C(N)Oc3n[nH]c(-c4cccs4)c32)cc(OC)c1OC(C)=O. The van der Waals surface area contributed by atoms with Crippen molar-refractivity contribution in [2.24, 2.45) is 5.73 Å². The molecule has 2 aromatic heterocycles. The highest BCUT2D eigenvalue weighted by Crippen LogP contribution is 2.49. The predicted molar refractivity (Wildman–Crippen MR) is 112 cm³/mol. The monoisotopic (exact) mass is 438 g/mol. The molecule has 1 aromatic carbocycles. The smallest absolute Gasteiger partial charge is 0.308 e. The Morgan fingerprint density at radius 2 is 2.03 bits per heavy atom. The van der Waals surface area contributed by atoms with Crippen LogP contribution in [0, 0.1) is 11.3 Å². The molecule has 9 nitrogen and oxygen atoms in total. The van der Waals surface area contributed by atoms with Crippen molar-refractivity contribution in [2.45, 2.75) is 12.8 Å². The maximum absolute atomic E-state index is 11.6. The molecule has 0 spiro atoms. The number of H-pyrrole nitrogens is 1. The van der Waals surface area contributed by atoms with Crippen molar-refractivity contribution in [3.8, 4) is 39.8 Å². The number of fused-ring (bicyclic) bond motifs is 1. The van der Waals surface area contributed by atoms with Gasteiger partial charge in [0.2, 0.25) is 17.5 Å². The molecule has 1 atom stereocenters. The number of hydrogen-bond donors (Lipinski definition) is 2. The maximum Gasteiger partial charge on any atom is 0.308 e. The molecular weight excluding hydrogens is 420 g/mol. The molecule has 0 aliphatic carbocycles. The zero-order chi connectivity index (χ0) is 22.1. The van der Waals surface area contributed by atoms with Gasteiger partial charge in [-0.25, -0.2) is 0 Å². The van der Waals surface area contributed by atoms with E-state index in [9.17, 15) is 10.1 Å². The summed E-state index contributed by atoms with van der Waals surface area (Å²) in [5, 5.41) is 19.1. The van der Waals surface area contributed by atoms with Gasteiger partial charge in [-0.2, -0.15) is 5.26 Å². The summed E-state index contributed by atoms with van der Waals surface area (Å²) in [7, 11) is 2.90. The van der Waals surface area contributed by atoms with E-state index < -0.39 is 11.9 Å². The van der Waals surface area contributed by atoms with E-state index >= 15 is 0 Å². The average molecular weight is 438 g/mol. The van der Waals surface area contributed by atoms with Gasteiger partial charge in [-0.05, 0) is 29.1 Å². The van der Waals surface area contributed by atoms with E-state index in [4.69, 9.17) is 24.7 Å². The first-order valence-electron chi connectivity index (χ1n) is 9.12. The first-order chi connectivity index (χ1) is 15.0. The summed E-state index contributed by atoms with van der Waals surface area (Å²) in [5.41, 5.74) is 8.28. The summed E-state index contributed by atoms with van der Waals surface area (Å²) in [6, 6.07) is 9.36. The van der Waals surface area contributed by atoms with Gasteiger partial charge in [0.25, 0.3) is 0 Å². The number of nitrogens with zero attached hydrogens (tertiary/aromatic N) is 2. The first kappa shape index (κ1) is 20.3. The average Bonchev–Trinajstić information content (AvgIpc) is 3.42. The van der Waals surface area contributed by atoms with Gasteiger partial charge < -0.3 is 24.7 Å². The van der Waals surface area contributed by atoms with Crippen LogP contribution in [-0.2, 0) is 4.79 Å². The quantitative estimate of drug-likeness (QED) is 0.458. The minimum atomic E-state index is -0.612. The Labute approximate surface area is 181 Å². The van der Waals surface area contributed by atoms with Gasteiger partial charge in [0, 0.05) is 6.92 Å². The zero-order valence-corrected chi connectivity index (χ0v) is 17.7. The number of aromatic amines is 1. The summed E-state index contributed by atoms with van der Waals surface area (Å²) < 4.78 is 21.8. The predicted octanol–water partition coefficient (Wildman–Crippen LogP) is 3.30. The van der Waals surface area contributed by atoms with Crippen molar-refractivity contribution >= 4 is 17.3 Å². The number of ether oxygens (including phenoxy) is 4. The minimum Gasteiger partial charge on any atom is -0.493 e. The molecule has 0 saturated heterocycles. The third-order valence-corrected chi connectivity index (χ3v) is 5.66. The van der Waals surface area contributed by atoms with Gasteiger partial charge in [0.05, 0.1) is 36.3 Å². The first-order valence-corrected chi connectivity index (χ1v) is 10.0. The molecular formula is C21H18N4O5S. The molecule has 31 heavy (non-hydrogen) atoms. The third-order valence-electron chi connectivity index (χ3n) is 4.77. The van der Waals surface area contributed by atoms with Crippen LogP contribution in [0.4, 0.5) is 0 Å². The number of nitrogens with one attached hydrogen (secondary N) is 1. The van der Waals surface area contributed by atoms with Crippen LogP contribution < -0.4 is 24.7 Å². The van der Waals surface area contributed by atoms with Crippen molar-refractivity contribution < 1.29 is 23.7 Å². The number of hydrogen-bond acceptors (Lipinski definition) is 9. The third kappa shape index (κ3) is 3.45. The van der Waals surface area contributed by atoms with Gasteiger partial charge in [0.1, 0.15) is 11.6 Å². The lowest BCUT2D eigenvalue weighted by atomic mass is 9.83. The fourth-order valence-corrected chi connectivity index (χ4v) is 4.23. The molecule has 0 bridgehead atoms. The summed E-state index contributed by atoms with van der Waals surface area (Å²) in [5.74, 6) is -0.190. The van der Waals surface area contributed by atoms with Gasteiger partial charge in [-0.15, -0.1) is 16.4 Å². The molecule has 3 heterocycles. The fraction of sp³-hybridized carbons (Fsp3) is 0.190. The standard InChI is InChI=1S/C21H18N4O5S/c1-10(26)29-19-13(27-2)7-11(8-14(19)28-3)16-12(9-22)20(23)30-21-17(16)18(24-25-21)15-5-4-6-31-15/h4-8,16H,23H2,1-3H3,(H,24,25)/t16-/m1/s1. The summed E-state index contributed by atoms with van der Waals surface area (Å²) in [4.78, 5) is 12.5. The van der Waals surface area contributed by atoms with Crippen LogP contribution in [0.15, 0.2) is 41.1 Å². The van der Waals surface area contributed by atoms with E-state index in [1.54, 1.807) is 12.1 Å². The second kappa shape index (κ2) is 8.04. The Hall–Kier alpha value is -3.97. The Kier molecular flexibility index (Phi) is 5.27. The second-order valence-corrected chi connectivity index (χ2v) is 7.52. The molecule has 158 valence electrons. The lowest BCUT2D eigenvalue weighted by Gasteiger charge is -2.25. The Bertz CT molecular complexity index is 1200. The molecule has 0 radical (unpaired) electrons. The number of carbonyl (C=O) groups is 1. The molecule has 3 N–H and O–H groups in total. The zero-order valence-electron chi connectivity index (χ0n) is 16.9. The number of allylic oxidation sites excluding steroid dienone is 1. The lowest BCUT2D eigenvalue weighted by Crippen LogP contribution is -2.21. The topological polar surface area (TPSA) is 132 Å². The van der Waals surface area contributed by atoms with E-state index in [-0.39, 0.29) is 34.6 Å². The summed E-state index contributed by atoms with van der Waals surface area (Å²) in [6.45, 7) is 1.29. The molecule has 0 fully saturated rings. The molecule has 1 aliphatic heterocycles. The molecule has 0 unspecified atom stereocenters. The normalized spacial score (nSPS) is 15.0. The van der Waals surface area contributed by atoms with Crippen molar-refractivity contribution in [1.82, 2.24) is 10.2 Å². The van der Waals surface area contributed by atoms with Crippen LogP contribution in [0.25, 0.3) is 10.6 Å². The van der Waals surface area contributed by atoms with Crippen molar-refractivity contribution in [2.75, 3.05) is 14.2 Å². The summed E-state index contributed by atoms with van der Waals surface area (Å²) in [6.07, 6.45) is 0. The largest absolute Gasteiger partial charge is 0.493 e. The number of methoxy groups -OCH3 is 2. The van der Waals surface area contributed by atoms with Crippen molar-refractivity contribution in [3.63, 3.8) is 0 Å². The second-order valence-electron chi connectivity index (χ2n) is 6.57. The number of benzene rings is 1. The number of thiophene rings is 1. The number of carbonyl (C=O) groups excluding carboxylic acids is 1. The Balaban J connectivity index is 1.96. The van der Waals surface area contributed by atoms with Crippen LogP contribution in [-0.4, -0.2) is 30.4 Å². The van der Waals surface area contributed by atoms with Crippen LogP contribution in [0.2, 0.25) is 0 Å². The van der Waals surface area contributed by atoms with Crippen LogP contribution in [0.1, 0.15) is 24.0 Å². The van der Waals surface area contributed by atoms with E-state index in [0.717, 1.165) is 10.6 Å². The van der Waals surface area contributed by atoms with E-state index in [1.807, 2.05) is 17.5 Å². The highest BCUT2D eigenvalue weighted by Gasteiger charge is 2.37. The number of rotatable bonds is 5. The molecule has 0 saturated carbocycles. The van der Waals surface area contributed by atoms with Crippen LogP contribution in [0.5, 0.6) is 23.1 Å². The maximum atomic E-state index is 11.6. The number of nitriles is 1. The molecule has 0 amide bonds. The molecule has 4 rings (SSSR count). The van der Waals surface area contributed by atoms with E-state index in [0.29, 0.717) is 11.1 Å². The molecule has 3 aromatic rings.